The second-order valence-corrected chi connectivity index (χ2v) is 6.16. The average Bonchev–Trinajstić information content (AvgIpc) is 2.93. The number of carbonyl (C=O) groups is 1. The number of hydrogen-bond donors (Lipinski definition) is 2. The summed E-state index contributed by atoms with van der Waals surface area (Å²) in [6, 6.07) is 12.0. The molecule has 1 aromatic heterocycles. The first-order chi connectivity index (χ1) is 9.58. The molecule has 0 aliphatic carbocycles. The molecule has 0 aliphatic heterocycles. The molecule has 3 N–H and O–H groups in total. The summed E-state index contributed by atoms with van der Waals surface area (Å²) >= 11 is 1.78. The van der Waals surface area contributed by atoms with E-state index >= 15 is 0 Å². The molecular weight excluding hydrogens is 268 g/mol. The number of benzene rings is 1. The van der Waals surface area contributed by atoms with Gasteiger partial charge in [-0.25, -0.2) is 0 Å². The molecule has 0 fully saturated rings. The SMILES string of the molecule is CC(C)[C@@H](NCc1ccc(C(N)=O)cc1)c1cccs1. The lowest BCUT2D eigenvalue weighted by molar-refractivity contribution is 0.100. The second kappa shape index (κ2) is 6.68. The van der Waals surface area contributed by atoms with Crippen molar-refractivity contribution in [1.82, 2.24) is 5.32 Å². The van der Waals surface area contributed by atoms with Crippen LogP contribution in [0.1, 0.15) is 40.7 Å². The fourth-order valence-electron chi connectivity index (χ4n) is 2.15. The number of rotatable bonds is 6. The third-order valence-corrected chi connectivity index (χ3v) is 4.24. The Morgan fingerprint density at radius 3 is 2.45 bits per heavy atom. The Bertz CT molecular complexity index is 546. The molecule has 0 spiro atoms. The molecule has 0 bridgehead atoms. The first kappa shape index (κ1) is 14.8. The summed E-state index contributed by atoms with van der Waals surface area (Å²) in [5.74, 6) is 0.140. The monoisotopic (exact) mass is 288 g/mol. The predicted octanol–water partition coefficient (Wildman–Crippen LogP) is 3.33. The Morgan fingerprint density at radius 2 is 1.95 bits per heavy atom. The third-order valence-electron chi connectivity index (χ3n) is 3.28. The number of amides is 1. The fourth-order valence-corrected chi connectivity index (χ4v) is 3.12. The van der Waals surface area contributed by atoms with Gasteiger partial charge in [-0.2, -0.15) is 0 Å². The molecular formula is C16H20N2OS. The molecule has 0 unspecified atom stereocenters. The van der Waals surface area contributed by atoms with Crippen molar-refractivity contribution < 1.29 is 4.79 Å². The van der Waals surface area contributed by atoms with Gasteiger partial charge in [-0.1, -0.05) is 32.0 Å². The van der Waals surface area contributed by atoms with Crippen LogP contribution in [0.25, 0.3) is 0 Å². The standard InChI is InChI=1S/C16H20N2OS/c1-11(2)15(14-4-3-9-20-14)18-10-12-5-7-13(8-6-12)16(17)19/h3-9,11,15,18H,10H2,1-2H3,(H2,17,19)/t15-/m1/s1. The van der Waals surface area contributed by atoms with Crippen LogP contribution in [0.4, 0.5) is 0 Å². The van der Waals surface area contributed by atoms with Gasteiger partial charge in [0.2, 0.25) is 5.91 Å². The Kier molecular flexibility index (Phi) is 4.93. The van der Waals surface area contributed by atoms with Gasteiger partial charge in [0.15, 0.2) is 0 Å². The maximum atomic E-state index is 11.0. The molecule has 1 atom stereocenters. The van der Waals surface area contributed by atoms with E-state index in [1.165, 1.54) is 4.88 Å². The van der Waals surface area contributed by atoms with Gasteiger partial charge in [-0.05, 0) is 35.1 Å². The maximum absolute atomic E-state index is 11.0. The van der Waals surface area contributed by atoms with Gasteiger partial charge in [-0.15, -0.1) is 11.3 Å². The predicted molar refractivity (Wildman–Crippen MR) is 83.7 cm³/mol. The summed E-state index contributed by atoms with van der Waals surface area (Å²) in [5, 5.41) is 5.69. The van der Waals surface area contributed by atoms with Gasteiger partial charge in [0.05, 0.1) is 0 Å². The van der Waals surface area contributed by atoms with Crippen LogP contribution in [-0.4, -0.2) is 5.91 Å². The molecule has 4 heteroatoms. The molecule has 1 aromatic carbocycles. The quantitative estimate of drug-likeness (QED) is 0.856. The highest BCUT2D eigenvalue weighted by Gasteiger charge is 2.15. The fraction of sp³-hybridized carbons (Fsp3) is 0.312. The van der Waals surface area contributed by atoms with E-state index in [-0.39, 0.29) is 5.91 Å². The Labute approximate surface area is 123 Å². The number of hydrogen-bond acceptors (Lipinski definition) is 3. The Morgan fingerprint density at radius 1 is 1.25 bits per heavy atom. The maximum Gasteiger partial charge on any atom is 0.248 e. The van der Waals surface area contributed by atoms with Crippen molar-refractivity contribution >= 4 is 17.2 Å². The van der Waals surface area contributed by atoms with Crippen molar-refractivity contribution in [2.24, 2.45) is 11.7 Å². The van der Waals surface area contributed by atoms with Gasteiger partial charge in [0.1, 0.15) is 0 Å². The highest BCUT2D eigenvalue weighted by Crippen LogP contribution is 2.26. The van der Waals surface area contributed by atoms with Crippen LogP contribution in [0.5, 0.6) is 0 Å². The van der Waals surface area contributed by atoms with E-state index in [1.807, 2.05) is 12.1 Å². The molecule has 2 rings (SSSR count). The van der Waals surface area contributed by atoms with Crippen LogP contribution < -0.4 is 11.1 Å². The number of primary amides is 1. The van der Waals surface area contributed by atoms with Crippen molar-refractivity contribution in [2.75, 3.05) is 0 Å². The largest absolute Gasteiger partial charge is 0.366 e. The number of nitrogens with two attached hydrogens (primary N) is 1. The van der Waals surface area contributed by atoms with E-state index < -0.39 is 0 Å². The van der Waals surface area contributed by atoms with Gasteiger partial charge in [-0.3, -0.25) is 4.79 Å². The van der Waals surface area contributed by atoms with E-state index in [2.05, 4.69) is 36.7 Å². The number of thiophene rings is 1. The van der Waals surface area contributed by atoms with Crippen LogP contribution in [0, 0.1) is 5.92 Å². The van der Waals surface area contributed by atoms with Gasteiger partial charge >= 0.3 is 0 Å². The van der Waals surface area contributed by atoms with Gasteiger partial charge in [0.25, 0.3) is 0 Å². The van der Waals surface area contributed by atoms with E-state index in [4.69, 9.17) is 5.73 Å². The summed E-state index contributed by atoms with van der Waals surface area (Å²) in [5.41, 5.74) is 6.94. The normalized spacial score (nSPS) is 12.6. The first-order valence-electron chi connectivity index (χ1n) is 6.73. The van der Waals surface area contributed by atoms with Crippen LogP contribution in [0.2, 0.25) is 0 Å². The van der Waals surface area contributed by atoms with Gasteiger partial charge < -0.3 is 11.1 Å². The molecule has 1 heterocycles. The van der Waals surface area contributed by atoms with E-state index in [9.17, 15) is 4.79 Å². The molecule has 0 aliphatic rings. The zero-order valence-corrected chi connectivity index (χ0v) is 12.6. The van der Waals surface area contributed by atoms with Crippen LogP contribution in [0.15, 0.2) is 41.8 Å². The van der Waals surface area contributed by atoms with Crippen LogP contribution >= 0.6 is 11.3 Å². The summed E-state index contributed by atoms with van der Waals surface area (Å²) in [7, 11) is 0. The highest BCUT2D eigenvalue weighted by molar-refractivity contribution is 7.10. The van der Waals surface area contributed by atoms with E-state index in [1.54, 1.807) is 23.5 Å². The molecule has 106 valence electrons. The molecule has 20 heavy (non-hydrogen) atoms. The van der Waals surface area contributed by atoms with Crippen molar-refractivity contribution in [1.29, 1.82) is 0 Å². The van der Waals surface area contributed by atoms with Crippen LogP contribution in [0.3, 0.4) is 0 Å². The molecule has 0 saturated carbocycles. The minimum absolute atomic E-state index is 0.353. The molecule has 0 radical (unpaired) electrons. The van der Waals surface area contributed by atoms with Crippen molar-refractivity contribution in [3.63, 3.8) is 0 Å². The van der Waals surface area contributed by atoms with Crippen LogP contribution in [-0.2, 0) is 6.54 Å². The smallest absolute Gasteiger partial charge is 0.248 e. The molecule has 0 saturated heterocycles. The van der Waals surface area contributed by atoms with Crippen molar-refractivity contribution in [3.05, 3.63) is 57.8 Å². The topological polar surface area (TPSA) is 55.1 Å². The summed E-state index contributed by atoms with van der Waals surface area (Å²) in [6.07, 6.45) is 0. The summed E-state index contributed by atoms with van der Waals surface area (Å²) < 4.78 is 0. The van der Waals surface area contributed by atoms with Crippen molar-refractivity contribution in [3.8, 4) is 0 Å². The average molecular weight is 288 g/mol. The molecule has 3 nitrogen and oxygen atoms in total. The third kappa shape index (κ3) is 3.68. The number of carbonyl (C=O) groups excluding carboxylic acids is 1. The first-order valence-corrected chi connectivity index (χ1v) is 7.61. The van der Waals surface area contributed by atoms with Gasteiger partial charge in [0, 0.05) is 23.0 Å². The lowest BCUT2D eigenvalue weighted by Gasteiger charge is -2.21. The Balaban J connectivity index is 2.01. The minimum Gasteiger partial charge on any atom is -0.366 e. The second-order valence-electron chi connectivity index (χ2n) is 5.18. The zero-order valence-electron chi connectivity index (χ0n) is 11.8. The minimum atomic E-state index is -0.386. The zero-order chi connectivity index (χ0) is 14.5. The lowest BCUT2D eigenvalue weighted by atomic mass is 10.0. The Hall–Kier alpha value is -1.65. The molecule has 2 aromatic rings. The lowest BCUT2D eigenvalue weighted by Crippen LogP contribution is -2.24. The summed E-state index contributed by atoms with van der Waals surface area (Å²) in [6.45, 7) is 5.21. The van der Waals surface area contributed by atoms with E-state index in [0.717, 1.165) is 12.1 Å². The number of nitrogens with one attached hydrogen (secondary N) is 1. The molecule has 1 amide bonds. The highest BCUT2D eigenvalue weighted by atomic mass is 32.1. The van der Waals surface area contributed by atoms with E-state index in [0.29, 0.717) is 17.5 Å². The summed E-state index contributed by atoms with van der Waals surface area (Å²) in [4.78, 5) is 12.4. The van der Waals surface area contributed by atoms with Crippen molar-refractivity contribution in [2.45, 2.75) is 26.4 Å².